The van der Waals surface area contributed by atoms with Crippen LogP contribution >= 0.6 is 11.6 Å². The summed E-state index contributed by atoms with van der Waals surface area (Å²) in [7, 11) is -4.36. The van der Waals surface area contributed by atoms with Crippen molar-refractivity contribution in [3.63, 3.8) is 0 Å². The van der Waals surface area contributed by atoms with Gasteiger partial charge in [-0.1, -0.05) is 39.3 Å². The number of fused-ring (bicyclic) bond motifs is 2. The summed E-state index contributed by atoms with van der Waals surface area (Å²) in [5.74, 6) is -2.11. The number of carbonyl (C=O) groups excluding carboxylic acids is 1. The number of hydrogen-bond acceptors (Lipinski definition) is 5. The molecule has 3 aliphatic heterocycles. The van der Waals surface area contributed by atoms with Crippen molar-refractivity contribution in [3.8, 4) is 0 Å². The van der Waals surface area contributed by atoms with E-state index in [-0.39, 0.29) is 27.8 Å². The van der Waals surface area contributed by atoms with E-state index in [1.807, 2.05) is 4.72 Å². The van der Waals surface area contributed by atoms with Gasteiger partial charge in [-0.05, 0) is 37.8 Å². The monoisotopic (exact) mass is 515 g/mol. The number of furan rings is 1. The van der Waals surface area contributed by atoms with E-state index >= 15 is 0 Å². The first-order chi connectivity index (χ1) is 15.9. The Kier molecular flexibility index (Phi) is 6.69. The van der Waals surface area contributed by atoms with Crippen molar-refractivity contribution in [1.82, 2.24) is 9.62 Å². The molecule has 34 heavy (non-hydrogen) atoms. The van der Waals surface area contributed by atoms with Gasteiger partial charge in [0.15, 0.2) is 0 Å². The summed E-state index contributed by atoms with van der Waals surface area (Å²) in [6, 6.07) is 0.296. The van der Waals surface area contributed by atoms with E-state index in [0.29, 0.717) is 12.3 Å². The normalized spacial score (nSPS) is 19.9. The van der Waals surface area contributed by atoms with Gasteiger partial charge in [-0.15, -0.1) is 0 Å². The number of anilines is 1. The van der Waals surface area contributed by atoms with E-state index in [1.165, 1.54) is 6.07 Å². The van der Waals surface area contributed by atoms with E-state index in [2.05, 4.69) is 10.2 Å². The lowest BCUT2D eigenvalue weighted by Crippen LogP contribution is -2.35. The molecule has 0 atom stereocenters. The number of piperidine rings is 1. The number of nitrogens with one attached hydrogen (secondary N) is 2. The smallest absolute Gasteiger partial charge is 0.333 e. The summed E-state index contributed by atoms with van der Waals surface area (Å²) < 4.78 is 63.1. The second-order valence-corrected chi connectivity index (χ2v) is 11.5. The minimum Gasteiger partial charge on any atom is -0.447 e. The SMILES string of the molecule is CC(C)c1c(F)c(Cl)c(F)c(C(C)C)c1NC(=O)NS(=O)(=O)c1cc2c(o1)C1CCN(CC1)C2. The molecule has 7 nitrogen and oxygen atoms in total. The second kappa shape index (κ2) is 9.13. The molecular formula is C23H28ClF2N3O4S. The zero-order chi connectivity index (χ0) is 24.9. The highest BCUT2D eigenvalue weighted by atomic mass is 35.5. The van der Waals surface area contributed by atoms with Gasteiger partial charge >= 0.3 is 6.03 Å². The average Bonchev–Trinajstić information content (AvgIpc) is 3.02. The number of rotatable bonds is 5. The second-order valence-electron chi connectivity index (χ2n) is 9.52. The number of carbonyl (C=O) groups is 1. The topological polar surface area (TPSA) is 91.7 Å². The molecule has 0 unspecified atom stereocenters. The van der Waals surface area contributed by atoms with Crippen LogP contribution < -0.4 is 10.0 Å². The Labute approximate surface area is 202 Å². The minimum atomic E-state index is -4.36. The highest BCUT2D eigenvalue weighted by molar-refractivity contribution is 7.89. The van der Waals surface area contributed by atoms with Gasteiger partial charge in [0.2, 0.25) is 5.09 Å². The Bertz CT molecular complexity index is 1200. The number of amides is 2. The van der Waals surface area contributed by atoms with Crippen molar-refractivity contribution in [2.24, 2.45) is 0 Å². The van der Waals surface area contributed by atoms with Crippen LogP contribution in [0.4, 0.5) is 19.3 Å². The highest BCUT2D eigenvalue weighted by Crippen LogP contribution is 2.41. The molecule has 1 saturated heterocycles. The molecule has 2 aromatic rings. The first kappa shape index (κ1) is 24.9. The van der Waals surface area contributed by atoms with Gasteiger partial charge in [-0.3, -0.25) is 4.90 Å². The Morgan fingerprint density at radius 1 is 1.12 bits per heavy atom. The number of benzene rings is 1. The van der Waals surface area contributed by atoms with Crippen LogP contribution in [-0.2, 0) is 16.6 Å². The van der Waals surface area contributed by atoms with Crippen molar-refractivity contribution >= 4 is 33.3 Å². The van der Waals surface area contributed by atoms with E-state index < -0.39 is 44.5 Å². The summed E-state index contributed by atoms with van der Waals surface area (Å²) in [5, 5.41) is 1.34. The standard InChI is InChI=1S/C23H28ClF2N3O4S/c1-11(2)16-19(25)18(24)20(26)17(12(3)4)21(16)27-23(30)28-34(31,32)15-9-14-10-29-7-5-13(6-8-29)22(14)33-15/h9,11-13H,5-8,10H2,1-4H3,(H2,27,28,30). The maximum atomic E-state index is 14.8. The third-order valence-electron chi connectivity index (χ3n) is 6.45. The van der Waals surface area contributed by atoms with E-state index in [9.17, 15) is 22.0 Å². The molecule has 5 rings (SSSR count). The fourth-order valence-electron chi connectivity index (χ4n) is 4.84. The van der Waals surface area contributed by atoms with Crippen molar-refractivity contribution in [3.05, 3.63) is 45.2 Å². The van der Waals surface area contributed by atoms with Gasteiger partial charge < -0.3 is 9.73 Å². The summed E-state index contributed by atoms with van der Waals surface area (Å²) in [6.45, 7) is 9.11. The molecule has 3 aliphatic rings. The van der Waals surface area contributed by atoms with Crippen LogP contribution in [0.5, 0.6) is 0 Å². The largest absolute Gasteiger partial charge is 0.447 e. The number of sulfonamides is 1. The Balaban J connectivity index is 1.64. The van der Waals surface area contributed by atoms with Crippen LogP contribution in [0.2, 0.25) is 5.02 Å². The van der Waals surface area contributed by atoms with Crippen molar-refractivity contribution in [2.75, 3.05) is 18.4 Å². The van der Waals surface area contributed by atoms with Crippen molar-refractivity contribution < 1.29 is 26.4 Å². The molecule has 2 N–H and O–H groups in total. The molecule has 4 heterocycles. The zero-order valence-electron chi connectivity index (χ0n) is 19.5. The molecule has 1 aromatic heterocycles. The van der Waals surface area contributed by atoms with Crippen LogP contribution in [0.25, 0.3) is 0 Å². The van der Waals surface area contributed by atoms with Gasteiger partial charge in [0.1, 0.15) is 22.4 Å². The molecule has 186 valence electrons. The summed E-state index contributed by atoms with van der Waals surface area (Å²) in [6.07, 6.45) is 1.77. The van der Waals surface area contributed by atoms with Gasteiger partial charge in [-0.2, -0.15) is 8.42 Å². The Morgan fingerprint density at radius 3 is 2.21 bits per heavy atom. The molecule has 0 spiro atoms. The molecule has 1 fully saturated rings. The molecule has 0 radical (unpaired) electrons. The number of halogens is 3. The van der Waals surface area contributed by atoms with Crippen LogP contribution in [0, 0.1) is 11.6 Å². The van der Waals surface area contributed by atoms with Gasteiger partial charge in [-0.25, -0.2) is 18.3 Å². The zero-order valence-corrected chi connectivity index (χ0v) is 21.0. The maximum Gasteiger partial charge on any atom is 0.333 e. The lowest BCUT2D eigenvalue weighted by atomic mass is 9.91. The fourth-order valence-corrected chi connectivity index (χ4v) is 5.94. The molecular weight excluding hydrogens is 488 g/mol. The third-order valence-corrected chi connectivity index (χ3v) is 7.97. The van der Waals surface area contributed by atoms with Crippen LogP contribution in [-0.4, -0.2) is 32.4 Å². The van der Waals surface area contributed by atoms with Gasteiger partial charge in [0.25, 0.3) is 10.0 Å². The Morgan fingerprint density at radius 2 is 1.68 bits per heavy atom. The van der Waals surface area contributed by atoms with Crippen LogP contribution in [0.3, 0.4) is 0 Å². The molecule has 0 saturated carbocycles. The van der Waals surface area contributed by atoms with Crippen molar-refractivity contribution in [2.45, 2.75) is 69.9 Å². The number of hydrogen-bond donors (Lipinski definition) is 2. The number of urea groups is 1. The lowest BCUT2D eigenvalue weighted by molar-refractivity contribution is 0.212. The quantitative estimate of drug-likeness (QED) is 0.501. The third kappa shape index (κ3) is 4.43. The van der Waals surface area contributed by atoms with Gasteiger partial charge in [0.05, 0.1) is 5.69 Å². The van der Waals surface area contributed by atoms with Crippen molar-refractivity contribution in [1.29, 1.82) is 0 Å². The lowest BCUT2D eigenvalue weighted by Gasteiger charge is -2.26. The van der Waals surface area contributed by atoms with Gasteiger partial charge in [0, 0.05) is 35.2 Å². The molecule has 2 bridgehead atoms. The van der Waals surface area contributed by atoms with E-state index in [1.54, 1.807) is 27.7 Å². The van der Waals surface area contributed by atoms with E-state index in [4.69, 9.17) is 16.0 Å². The first-order valence-corrected chi connectivity index (χ1v) is 13.2. The summed E-state index contributed by atoms with van der Waals surface area (Å²) >= 11 is 5.87. The molecule has 0 aliphatic carbocycles. The average molecular weight is 516 g/mol. The first-order valence-electron chi connectivity index (χ1n) is 11.3. The predicted molar refractivity (Wildman–Crippen MR) is 125 cm³/mol. The minimum absolute atomic E-state index is 0.00237. The predicted octanol–water partition coefficient (Wildman–Crippen LogP) is 5.66. The molecule has 2 amide bonds. The maximum absolute atomic E-state index is 14.8. The van der Waals surface area contributed by atoms with Crippen LogP contribution in [0.15, 0.2) is 15.6 Å². The highest BCUT2D eigenvalue weighted by Gasteiger charge is 2.34. The number of nitrogens with zero attached hydrogens (tertiary/aromatic N) is 1. The molecule has 11 heteroatoms. The fraction of sp³-hybridized carbons (Fsp3) is 0.522. The van der Waals surface area contributed by atoms with Crippen LogP contribution in [0.1, 0.15) is 80.7 Å². The van der Waals surface area contributed by atoms with E-state index in [0.717, 1.165) is 31.5 Å². The summed E-state index contributed by atoms with van der Waals surface area (Å²) in [5.41, 5.74) is 0.666. The summed E-state index contributed by atoms with van der Waals surface area (Å²) in [4.78, 5) is 15.0. The molecule has 1 aromatic carbocycles. The Hall–Kier alpha value is -2.17.